The summed E-state index contributed by atoms with van der Waals surface area (Å²) in [5.41, 5.74) is 2.36. The SMILES string of the molecule is C[Si](C)(C)c1cnc(-c2ccc(C(F)(F)F)cc2)cc1CC1C2CC3CC(C2)CC1C3. The van der Waals surface area contributed by atoms with Gasteiger partial charge in [-0.2, -0.15) is 13.2 Å². The Morgan fingerprint density at radius 1 is 0.903 bits per heavy atom. The molecule has 0 radical (unpaired) electrons. The lowest BCUT2D eigenvalue weighted by Crippen LogP contribution is -2.47. The fourth-order valence-corrected chi connectivity index (χ4v) is 8.54. The van der Waals surface area contributed by atoms with E-state index < -0.39 is 19.8 Å². The largest absolute Gasteiger partial charge is 0.416 e. The van der Waals surface area contributed by atoms with Crippen molar-refractivity contribution in [1.29, 1.82) is 0 Å². The molecule has 1 heterocycles. The van der Waals surface area contributed by atoms with Gasteiger partial charge in [0.1, 0.15) is 0 Å². The van der Waals surface area contributed by atoms with Crippen molar-refractivity contribution in [1.82, 2.24) is 4.98 Å². The zero-order chi connectivity index (χ0) is 22.0. The monoisotopic (exact) mass is 443 g/mol. The molecule has 4 aliphatic rings. The van der Waals surface area contributed by atoms with E-state index in [1.54, 1.807) is 12.1 Å². The fraction of sp³-hybridized carbons (Fsp3) is 0.577. The maximum absolute atomic E-state index is 13.0. The molecule has 6 rings (SSSR count). The smallest absolute Gasteiger partial charge is 0.256 e. The summed E-state index contributed by atoms with van der Waals surface area (Å²) in [6, 6.07) is 7.65. The third-order valence-electron chi connectivity index (χ3n) is 8.18. The molecule has 31 heavy (non-hydrogen) atoms. The quantitative estimate of drug-likeness (QED) is 0.467. The van der Waals surface area contributed by atoms with Crippen molar-refractivity contribution in [2.75, 3.05) is 0 Å². The molecule has 0 saturated heterocycles. The molecule has 5 heteroatoms. The molecule has 4 fully saturated rings. The third kappa shape index (κ3) is 4.10. The third-order valence-corrected chi connectivity index (χ3v) is 10.2. The highest BCUT2D eigenvalue weighted by molar-refractivity contribution is 6.89. The second-order valence-corrected chi connectivity index (χ2v) is 16.4. The zero-order valence-corrected chi connectivity index (χ0v) is 19.7. The summed E-state index contributed by atoms with van der Waals surface area (Å²) < 4.78 is 38.9. The van der Waals surface area contributed by atoms with Gasteiger partial charge in [0.25, 0.3) is 0 Å². The second-order valence-electron chi connectivity index (χ2n) is 11.4. The van der Waals surface area contributed by atoms with Crippen molar-refractivity contribution < 1.29 is 13.2 Å². The molecular formula is C26H32F3NSi. The number of halogens is 3. The molecule has 0 unspecified atom stereocenters. The highest BCUT2D eigenvalue weighted by atomic mass is 28.3. The lowest BCUT2D eigenvalue weighted by molar-refractivity contribution is -0.137. The Bertz CT molecular complexity index is 930. The topological polar surface area (TPSA) is 12.9 Å². The molecule has 0 spiro atoms. The Morgan fingerprint density at radius 3 is 2.00 bits per heavy atom. The molecule has 1 aromatic heterocycles. The summed E-state index contributed by atoms with van der Waals surface area (Å²) in [6.45, 7) is 7.09. The Kier molecular flexibility index (Phi) is 5.11. The predicted molar refractivity (Wildman–Crippen MR) is 122 cm³/mol. The van der Waals surface area contributed by atoms with Crippen molar-refractivity contribution in [2.24, 2.45) is 29.6 Å². The standard InChI is InChI=1S/C26H32F3NSi/c1-31(2,3)25-15-30-24(18-4-6-22(7-5-18)26(27,28)29)14-21(25)13-23-19-9-16-8-17(11-19)12-20(23)10-16/h4-7,14-17,19-20,23H,8-13H2,1-3H3. The van der Waals surface area contributed by atoms with Crippen LogP contribution in [0.4, 0.5) is 13.2 Å². The maximum atomic E-state index is 13.0. The lowest BCUT2D eigenvalue weighted by atomic mass is 9.51. The first-order chi connectivity index (χ1) is 14.6. The number of alkyl halides is 3. The van der Waals surface area contributed by atoms with Crippen LogP contribution in [-0.4, -0.2) is 13.1 Å². The summed E-state index contributed by atoms with van der Waals surface area (Å²) in [7, 11) is -1.57. The Labute approximate surface area is 184 Å². The first-order valence-electron chi connectivity index (χ1n) is 11.7. The molecule has 4 saturated carbocycles. The number of aromatic nitrogens is 1. The lowest BCUT2D eigenvalue weighted by Gasteiger charge is -2.54. The van der Waals surface area contributed by atoms with Gasteiger partial charge in [-0.3, -0.25) is 4.98 Å². The number of benzene rings is 1. The molecule has 0 N–H and O–H groups in total. The van der Waals surface area contributed by atoms with Gasteiger partial charge in [0, 0.05) is 11.8 Å². The van der Waals surface area contributed by atoms with E-state index in [2.05, 4.69) is 25.7 Å². The van der Waals surface area contributed by atoms with Crippen LogP contribution >= 0.6 is 0 Å². The van der Waals surface area contributed by atoms with E-state index in [0.29, 0.717) is 0 Å². The van der Waals surface area contributed by atoms with Crippen LogP contribution in [0.25, 0.3) is 11.3 Å². The van der Waals surface area contributed by atoms with Crippen LogP contribution in [0.1, 0.15) is 43.2 Å². The predicted octanol–water partition coefficient (Wildman–Crippen LogP) is 6.93. The fourth-order valence-electron chi connectivity index (χ4n) is 6.95. The van der Waals surface area contributed by atoms with Gasteiger partial charge in [0.2, 0.25) is 0 Å². The van der Waals surface area contributed by atoms with Crippen LogP contribution in [-0.2, 0) is 12.6 Å². The van der Waals surface area contributed by atoms with E-state index in [1.807, 2.05) is 6.20 Å². The summed E-state index contributed by atoms with van der Waals surface area (Å²) in [6.07, 6.45) is 5.96. The van der Waals surface area contributed by atoms with Crippen molar-refractivity contribution >= 4 is 13.3 Å². The van der Waals surface area contributed by atoms with Crippen molar-refractivity contribution in [2.45, 2.75) is 64.3 Å². The molecular weight excluding hydrogens is 411 g/mol. The number of hydrogen-bond donors (Lipinski definition) is 0. The minimum Gasteiger partial charge on any atom is -0.256 e. The zero-order valence-electron chi connectivity index (χ0n) is 18.7. The number of rotatable bonds is 4. The van der Waals surface area contributed by atoms with E-state index in [4.69, 9.17) is 4.98 Å². The van der Waals surface area contributed by atoms with Gasteiger partial charge in [-0.15, -0.1) is 0 Å². The highest BCUT2D eigenvalue weighted by Crippen LogP contribution is 2.57. The number of nitrogens with zero attached hydrogens (tertiary/aromatic N) is 1. The molecule has 2 aromatic rings. The van der Waals surface area contributed by atoms with E-state index in [-0.39, 0.29) is 0 Å². The van der Waals surface area contributed by atoms with E-state index in [1.165, 1.54) is 55.0 Å². The number of pyridine rings is 1. The van der Waals surface area contributed by atoms with E-state index >= 15 is 0 Å². The van der Waals surface area contributed by atoms with Gasteiger partial charge in [0.05, 0.1) is 19.3 Å². The van der Waals surface area contributed by atoms with Crippen molar-refractivity contribution in [3.05, 3.63) is 47.7 Å². The van der Waals surface area contributed by atoms with Crippen LogP contribution in [0, 0.1) is 29.6 Å². The molecule has 0 atom stereocenters. The Balaban J connectivity index is 1.47. The van der Waals surface area contributed by atoms with Crippen molar-refractivity contribution in [3.8, 4) is 11.3 Å². The molecule has 1 nitrogen and oxygen atoms in total. The second kappa shape index (κ2) is 7.46. The average Bonchev–Trinajstić information content (AvgIpc) is 2.69. The van der Waals surface area contributed by atoms with E-state index in [0.717, 1.165) is 47.3 Å². The maximum Gasteiger partial charge on any atom is 0.416 e. The van der Waals surface area contributed by atoms with Gasteiger partial charge in [-0.1, -0.05) is 31.8 Å². The Hall–Kier alpha value is -1.62. The summed E-state index contributed by atoms with van der Waals surface area (Å²) >= 11 is 0. The Morgan fingerprint density at radius 2 is 1.48 bits per heavy atom. The van der Waals surface area contributed by atoms with Crippen molar-refractivity contribution in [3.63, 3.8) is 0 Å². The number of hydrogen-bond acceptors (Lipinski definition) is 1. The molecule has 0 amide bonds. The minimum atomic E-state index is -4.31. The van der Waals surface area contributed by atoms with Gasteiger partial charge in [-0.05, 0) is 97.1 Å². The van der Waals surface area contributed by atoms with E-state index in [9.17, 15) is 13.2 Å². The molecule has 1 aromatic carbocycles. The van der Waals surface area contributed by atoms with Gasteiger partial charge in [-0.25, -0.2) is 0 Å². The first-order valence-corrected chi connectivity index (χ1v) is 15.2. The summed E-state index contributed by atoms with van der Waals surface area (Å²) in [5, 5.41) is 1.41. The highest BCUT2D eigenvalue weighted by Gasteiger charge is 2.48. The van der Waals surface area contributed by atoms with Crippen LogP contribution in [0.3, 0.4) is 0 Å². The van der Waals surface area contributed by atoms with Crippen LogP contribution in [0.15, 0.2) is 36.5 Å². The van der Waals surface area contributed by atoms with Gasteiger partial charge >= 0.3 is 6.18 Å². The van der Waals surface area contributed by atoms with Gasteiger partial charge in [0.15, 0.2) is 0 Å². The minimum absolute atomic E-state index is 0.608. The normalized spacial score (nSPS) is 30.1. The first kappa shape index (κ1) is 21.2. The van der Waals surface area contributed by atoms with Crippen LogP contribution in [0.5, 0.6) is 0 Å². The average molecular weight is 444 g/mol. The summed E-state index contributed by atoms with van der Waals surface area (Å²) in [4.78, 5) is 4.71. The molecule has 166 valence electrons. The molecule has 4 aliphatic carbocycles. The summed E-state index contributed by atoms with van der Waals surface area (Å²) in [5.74, 6) is 4.44. The van der Waals surface area contributed by atoms with Gasteiger partial charge < -0.3 is 0 Å². The van der Waals surface area contributed by atoms with Crippen LogP contribution in [0.2, 0.25) is 19.6 Å². The molecule has 4 bridgehead atoms. The molecule has 0 aliphatic heterocycles. The van der Waals surface area contributed by atoms with Crippen LogP contribution < -0.4 is 5.19 Å².